The van der Waals surface area contributed by atoms with E-state index in [-0.39, 0.29) is 22.9 Å². The highest BCUT2D eigenvalue weighted by molar-refractivity contribution is 5.83. The van der Waals surface area contributed by atoms with Gasteiger partial charge in [0.15, 0.2) is 11.6 Å². The van der Waals surface area contributed by atoms with Gasteiger partial charge in [-0.25, -0.2) is 4.39 Å². The highest BCUT2D eigenvalue weighted by Crippen LogP contribution is 2.43. The van der Waals surface area contributed by atoms with Crippen LogP contribution in [0.2, 0.25) is 0 Å². The van der Waals surface area contributed by atoms with Gasteiger partial charge in [0.05, 0.1) is 12.5 Å². The van der Waals surface area contributed by atoms with E-state index in [1.807, 2.05) is 6.07 Å². The van der Waals surface area contributed by atoms with Gasteiger partial charge in [-0.3, -0.25) is 4.79 Å². The summed E-state index contributed by atoms with van der Waals surface area (Å²) in [7, 11) is 1.45. The van der Waals surface area contributed by atoms with Crippen LogP contribution in [0.3, 0.4) is 0 Å². The van der Waals surface area contributed by atoms with Crippen LogP contribution in [0.25, 0.3) is 0 Å². The molecular weight excluding hydrogens is 295 g/mol. The van der Waals surface area contributed by atoms with E-state index in [2.05, 4.69) is 10.6 Å². The van der Waals surface area contributed by atoms with E-state index >= 15 is 0 Å². The molecule has 1 amide bonds. The molecule has 1 aliphatic carbocycles. The van der Waals surface area contributed by atoms with E-state index < -0.39 is 0 Å². The number of benzene rings is 1. The predicted molar refractivity (Wildman–Crippen MR) is 86.9 cm³/mol. The molecule has 1 saturated heterocycles. The van der Waals surface area contributed by atoms with E-state index in [1.165, 1.54) is 19.6 Å². The third-order valence-electron chi connectivity index (χ3n) is 5.41. The number of hydrogen-bond acceptors (Lipinski definition) is 3. The second kappa shape index (κ2) is 6.87. The molecule has 2 fully saturated rings. The van der Waals surface area contributed by atoms with Crippen LogP contribution < -0.4 is 15.4 Å². The number of methoxy groups -OCH3 is 1. The molecule has 2 aliphatic rings. The molecule has 1 aromatic carbocycles. The van der Waals surface area contributed by atoms with E-state index in [9.17, 15) is 9.18 Å². The van der Waals surface area contributed by atoms with Crippen LogP contribution in [0, 0.1) is 17.2 Å². The molecule has 1 aliphatic heterocycles. The van der Waals surface area contributed by atoms with Crippen molar-refractivity contribution >= 4 is 5.91 Å². The summed E-state index contributed by atoms with van der Waals surface area (Å²) < 4.78 is 18.6. The number of amides is 1. The molecule has 1 aromatic rings. The Morgan fingerprint density at radius 1 is 1.48 bits per heavy atom. The average molecular weight is 320 g/mol. The molecule has 0 bridgehead atoms. The van der Waals surface area contributed by atoms with Crippen molar-refractivity contribution in [3.05, 3.63) is 29.6 Å². The molecule has 0 unspecified atom stereocenters. The van der Waals surface area contributed by atoms with Crippen molar-refractivity contribution in [3.63, 3.8) is 0 Å². The summed E-state index contributed by atoms with van der Waals surface area (Å²) in [5, 5.41) is 6.47. The lowest BCUT2D eigenvalue weighted by atomic mass is 9.67. The molecule has 1 heterocycles. The number of rotatable bonds is 5. The molecule has 0 radical (unpaired) electrons. The highest BCUT2D eigenvalue weighted by Gasteiger charge is 2.49. The zero-order valence-electron chi connectivity index (χ0n) is 13.7. The summed E-state index contributed by atoms with van der Waals surface area (Å²) in [4.78, 5) is 12.7. The Kier molecular flexibility index (Phi) is 4.85. The number of carbonyl (C=O) groups excluding carboxylic acids is 1. The van der Waals surface area contributed by atoms with E-state index in [0.29, 0.717) is 18.9 Å². The number of fused-ring (bicyclic) bond motifs is 1. The van der Waals surface area contributed by atoms with Gasteiger partial charge in [-0.1, -0.05) is 18.9 Å². The lowest BCUT2D eigenvalue weighted by molar-refractivity contribution is -0.133. The monoisotopic (exact) mass is 320 g/mol. The van der Waals surface area contributed by atoms with Gasteiger partial charge in [-0.2, -0.15) is 0 Å². The summed E-state index contributed by atoms with van der Waals surface area (Å²) in [6.07, 6.45) is 5.11. The number of carbonyl (C=O) groups is 1. The van der Waals surface area contributed by atoms with Crippen LogP contribution in [-0.4, -0.2) is 32.7 Å². The van der Waals surface area contributed by atoms with Crippen molar-refractivity contribution in [1.82, 2.24) is 10.6 Å². The first-order chi connectivity index (χ1) is 11.2. The minimum atomic E-state index is -0.359. The first-order valence-electron chi connectivity index (χ1n) is 8.47. The van der Waals surface area contributed by atoms with Crippen molar-refractivity contribution < 1.29 is 13.9 Å². The summed E-state index contributed by atoms with van der Waals surface area (Å²) in [6.45, 7) is 2.29. The average Bonchev–Trinajstić information content (AvgIpc) is 3.00. The molecule has 0 spiro atoms. The highest BCUT2D eigenvalue weighted by atomic mass is 19.1. The number of nitrogens with one attached hydrogen (secondary N) is 2. The molecule has 0 aromatic heterocycles. The first kappa shape index (κ1) is 16.2. The van der Waals surface area contributed by atoms with Crippen LogP contribution in [0.1, 0.15) is 31.2 Å². The SMILES string of the molecule is COc1ccc(CCNC(=O)[C@@]23CCCC[C@H]2CNC3)cc1F. The van der Waals surface area contributed by atoms with E-state index in [0.717, 1.165) is 37.9 Å². The number of halogens is 1. The summed E-state index contributed by atoms with van der Waals surface area (Å²) in [5.41, 5.74) is 0.648. The molecule has 3 rings (SSSR count). The van der Waals surface area contributed by atoms with Gasteiger partial charge in [0, 0.05) is 13.1 Å². The Labute approximate surface area is 136 Å². The second-order valence-corrected chi connectivity index (χ2v) is 6.70. The maximum atomic E-state index is 13.7. The van der Waals surface area contributed by atoms with E-state index in [4.69, 9.17) is 4.74 Å². The number of hydrogen-bond donors (Lipinski definition) is 2. The largest absolute Gasteiger partial charge is 0.494 e. The Morgan fingerprint density at radius 2 is 2.35 bits per heavy atom. The van der Waals surface area contributed by atoms with Crippen molar-refractivity contribution in [2.75, 3.05) is 26.7 Å². The maximum absolute atomic E-state index is 13.7. The van der Waals surface area contributed by atoms with Crippen molar-refractivity contribution in [1.29, 1.82) is 0 Å². The van der Waals surface area contributed by atoms with Gasteiger partial charge in [0.2, 0.25) is 5.91 Å². The van der Waals surface area contributed by atoms with Gasteiger partial charge in [-0.15, -0.1) is 0 Å². The molecule has 23 heavy (non-hydrogen) atoms. The molecule has 4 nitrogen and oxygen atoms in total. The molecule has 126 valence electrons. The second-order valence-electron chi connectivity index (χ2n) is 6.70. The minimum absolute atomic E-state index is 0.168. The minimum Gasteiger partial charge on any atom is -0.494 e. The van der Waals surface area contributed by atoms with Gasteiger partial charge in [0.1, 0.15) is 0 Å². The fraction of sp³-hybridized carbons (Fsp3) is 0.611. The first-order valence-corrected chi connectivity index (χ1v) is 8.47. The lowest BCUT2D eigenvalue weighted by Gasteiger charge is -2.37. The Balaban J connectivity index is 1.56. The summed E-state index contributed by atoms with van der Waals surface area (Å²) >= 11 is 0. The smallest absolute Gasteiger partial charge is 0.227 e. The third-order valence-corrected chi connectivity index (χ3v) is 5.41. The summed E-state index contributed by atoms with van der Waals surface area (Å²) in [5.74, 6) is 0.525. The maximum Gasteiger partial charge on any atom is 0.227 e. The topological polar surface area (TPSA) is 50.4 Å². The van der Waals surface area contributed by atoms with Gasteiger partial charge < -0.3 is 15.4 Å². The van der Waals surface area contributed by atoms with Gasteiger partial charge in [-0.05, 0) is 49.4 Å². The Hall–Kier alpha value is -1.62. The lowest BCUT2D eigenvalue weighted by Crippen LogP contribution is -2.48. The normalized spacial score (nSPS) is 26.6. The molecule has 2 N–H and O–H groups in total. The molecule has 5 heteroatoms. The van der Waals surface area contributed by atoms with E-state index in [1.54, 1.807) is 6.07 Å². The predicted octanol–water partition coefficient (Wildman–Crippen LogP) is 2.27. The molecule has 1 saturated carbocycles. The van der Waals surface area contributed by atoms with Crippen molar-refractivity contribution in [3.8, 4) is 5.75 Å². The standard InChI is InChI=1S/C18H25FN2O2/c1-23-16-6-5-13(10-15(16)19)7-9-21-17(22)18-8-3-2-4-14(18)11-20-12-18/h5-6,10,14,20H,2-4,7-9,11-12H2,1H3,(H,21,22)/t14-,18+/m0/s1. The zero-order chi connectivity index (χ0) is 16.3. The number of ether oxygens (including phenoxy) is 1. The Bertz CT molecular complexity index is 578. The van der Waals surface area contributed by atoms with Crippen molar-refractivity contribution in [2.24, 2.45) is 11.3 Å². The quantitative estimate of drug-likeness (QED) is 0.875. The van der Waals surface area contributed by atoms with Crippen LogP contribution >= 0.6 is 0 Å². The molecular formula is C18H25FN2O2. The van der Waals surface area contributed by atoms with Gasteiger partial charge in [0.25, 0.3) is 0 Å². The zero-order valence-corrected chi connectivity index (χ0v) is 13.7. The van der Waals surface area contributed by atoms with Crippen LogP contribution in [0.4, 0.5) is 4.39 Å². The fourth-order valence-electron chi connectivity index (χ4n) is 4.05. The third kappa shape index (κ3) is 3.20. The van der Waals surface area contributed by atoms with Crippen LogP contribution in [-0.2, 0) is 11.2 Å². The summed E-state index contributed by atoms with van der Waals surface area (Å²) in [6, 6.07) is 4.94. The van der Waals surface area contributed by atoms with Crippen LogP contribution in [0.15, 0.2) is 18.2 Å². The molecule has 2 atom stereocenters. The van der Waals surface area contributed by atoms with Crippen molar-refractivity contribution in [2.45, 2.75) is 32.1 Å². The Morgan fingerprint density at radius 3 is 3.13 bits per heavy atom. The van der Waals surface area contributed by atoms with Gasteiger partial charge >= 0.3 is 0 Å². The fourth-order valence-corrected chi connectivity index (χ4v) is 4.05. The van der Waals surface area contributed by atoms with Crippen LogP contribution in [0.5, 0.6) is 5.75 Å².